The lowest BCUT2D eigenvalue weighted by atomic mass is 9.90. The Hall–Kier alpha value is -0.860. The Morgan fingerprint density at radius 2 is 1.85 bits per heavy atom. The predicted octanol–water partition coefficient (Wildman–Crippen LogP) is 3.09. The first-order valence-electron chi connectivity index (χ1n) is 4.87. The monoisotopic (exact) mass is 184 g/mol. The van der Waals surface area contributed by atoms with Gasteiger partial charge in [-0.3, -0.25) is 0 Å². The van der Waals surface area contributed by atoms with Gasteiger partial charge in [0.05, 0.1) is 0 Å². The Morgan fingerprint density at radius 3 is 2.15 bits per heavy atom. The Labute approximate surface area is 80.5 Å². The average molecular weight is 184 g/mol. The number of aryl methyl sites for hydroxylation is 1. The molecule has 0 bridgehead atoms. The molecule has 1 heterocycles. The van der Waals surface area contributed by atoms with E-state index in [1.807, 2.05) is 20.8 Å². The fourth-order valence-corrected chi connectivity index (χ4v) is 0.732. The molecular formula is C10H20N2O. The molecule has 3 heteroatoms. The van der Waals surface area contributed by atoms with Crippen molar-refractivity contribution in [3.05, 3.63) is 11.7 Å². The van der Waals surface area contributed by atoms with E-state index in [2.05, 4.69) is 30.9 Å². The first-order valence-corrected chi connectivity index (χ1v) is 4.87. The Kier molecular flexibility index (Phi) is 4.67. The van der Waals surface area contributed by atoms with Gasteiger partial charge in [-0.05, 0) is 6.42 Å². The molecular weight excluding hydrogens is 164 g/mol. The molecule has 0 amide bonds. The van der Waals surface area contributed by atoms with Crippen molar-refractivity contribution in [3.63, 3.8) is 0 Å². The molecule has 0 atom stereocenters. The minimum atomic E-state index is 0.0394. The Balaban J connectivity index is 0.000000671. The van der Waals surface area contributed by atoms with E-state index in [-0.39, 0.29) is 5.41 Å². The van der Waals surface area contributed by atoms with E-state index in [0.717, 1.165) is 12.2 Å². The molecule has 0 fully saturated rings. The summed E-state index contributed by atoms with van der Waals surface area (Å²) < 4.78 is 4.89. The highest BCUT2D eigenvalue weighted by Crippen LogP contribution is 2.23. The minimum absolute atomic E-state index is 0.0394. The van der Waals surface area contributed by atoms with Crippen molar-refractivity contribution in [2.24, 2.45) is 0 Å². The highest BCUT2D eigenvalue weighted by atomic mass is 16.5. The number of hydrogen-bond donors (Lipinski definition) is 0. The highest BCUT2D eigenvalue weighted by Gasteiger charge is 2.23. The molecule has 1 aromatic rings. The van der Waals surface area contributed by atoms with Gasteiger partial charge in [0.1, 0.15) is 0 Å². The van der Waals surface area contributed by atoms with Gasteiger partial charge in [-0.25, -0.2) is 0 Å². The maximum absolute atomic E-state index is 4.89. The molecule has 0 aliphatic rings. The lowest BCUT2D eigenvalue weighted by molar-refractivity contribution is 0.366. The summed E-state index contributed by atoms with van der Waals surface area (Å²) in [6.07, 6.45) is 1.02. The van der Waals surface area contributed by atoms with E-state index in [9.17, 15) is 0 Å². The van der Waals surface area contributed by atoms with Gasteiger partial charge in [0, 0.05) is 12.3 Å². The maximum atomic E-state index is 4.89. The second kappa shape index (κ2) is 5.00. The standard InChI is InChI=1S/C8H14N2O.C2H6/c1-5-8(3,4)7-9-6(2)11-10-7;1-2/h5H2,1-4H3;1-2H3. The first-order chi connectivity index (χ1) is 6.06. The van der Waals surface area contributed by atoms with Gasteiger partial charge in [-0.2, -0.15) is 4.98 Å². The topological polar surface area (TPSA) is 38.9 Å². The normalized spacial score (nSPS) is 10.6. The van der Waals surface area contributed by atoms with Crippen molar-refractivity contribution in [1.29, 1.82) is 0 Å². The molecule has 0 saturated carbocycles. The summed E-state index contributed by atoms with van der Waals surface area (Å²) >= 11 is 0. The average Bonchev–Trinajstić information content (AvgIpc) is 2.56. The Morgan fingerprint density at radius 1 is 1.31 bits per heavy atom. The lowest BCUT2D eigenvalue weighted by Gasteiger charge is -2.16. The van der Waals surface area contributed by atoms with Gasteiger partial charge in [0.2, 0.25) is 5.89 Å². The third-order valence-corrected chi connectivity index (χ3v) is 2.02. The smallest absolute Gasteiger partial charge is 0.223 e. The van der Waals surface area contributed by atoms with Crippen molar-refractivity contribution in [2.45, 2.75) is 53.4 Å². The molecule has 0 aliphatic heterocycles. The molecule has 0 saturated heterocycles. The van der Waals surface area contributed by atoms with Crippen LogP contribution in [0.1, 0.15) is 52.8 Å². The van der Waals surface area contributed by atoms with Crippen LogP contribution >= 0.6 is 0 Å². The molecule has 0 N–H and O–H groups in total. The summed E-state index contributed by atoms with van der Waals surface area (Å²) in [5.74, 6) is 1.44. The number of hydrogen-bond acceptors (Lipinski definition) is 3. The maximum Gasteiger partial charge on any atom is 0.223 e. The second-order valence-corrected chi connectivity index (χ2v) is 3.37. The third-order valence-electron chi connectivity index (χ3n) is 2.02. The van der Waals surface area contributed by atoms with Gasteiger partial charge in [0.15, 0.2) is 5.82 Å². The Bertz CT molecular complexity index is 241. The van der Waals surface area contributed by atoms with Crippen molar-refractivity contribution < 1.29 is 4.52 Å². The van der Waals surface area contributed by atoms with Crippen LogP contribution in [-0.4, -0.2) is 10.1 Å². The fraction of sp³-hybridized carbons (Fsp3) is 0.800. The summed E-state index contributed by atoms with van der Waals surface area (Å²) in [6.45, 7) is 12.1. The zero-order valence-electron chi connectivity index (χ0n) is 9.51. The zero-order chi connectivity index (χ0) is 10.5. The predicted molar refractivity (Wildman–Crippen MR) is 53.7 cm³/mol. The van der Waals surface area contributed by atoms with Gasteiger partial charge in [0.25, 0.3) is 0 Å². The summed E-state index contributed by atoms with van der Waals surface area (Å²) in [5, 5.41) is 3.87. The number of nitrogens with zero attached hydrogens (tertiary/aromatic N) is 2. The highest BCUT2D eigenvalue weighted by molar-refractivity contribution is 5.00. The van der Waals surface area contributed by atoms with Crippen molar-refractivity contribution in [3.8, 4) is 0 Å². The van der Waals surface area contributed by atoms with Crippen molar-refractivity contribution >= 4 is 0 Å². The zero-order valence-corrected chi connectivity index (χ0v) is 9.51. The molecule has 76 valence electrons. The van der Waals surface area contributed by atoms with Crippen LogP contribution < -0.4 is 0 Å². The first kappa shape index (κ1) is 12.1. The molecule has 0 radical (unpaired) electrons. The summed E-state index contributed by atoms with van der Waals surface area (Å²) in [4.78, 5) is 4.18. The van der Waals surface area contributed by atoms with Gasteiger partial charge in [-0.1, -0.05) is 39.8 Å². The molecule has 0 aromatic carbocycles. The number of rotatable bonds is 2. The third kappa shape index (κ3) is 3.17. The number of aromatic nitrogens is 2. The molecule has 0 aliphatic carbocycles. The van der Waals surface area contributed by atoms with E-state index >= 15 is 0 Å². The van der Waals surface area contributed by atoms with Crippen molar-refractivity contribution in [2.75, 3.05) is 0 Å². The summed E-state index contributed by atoms with van der Waals surface area (Å²) in [5.41, 5.74) is 0.0394. The quantitative estimate of drug-likeness (QED) is 0.709. The van der Waals surface area contributed by atoms with Crippen LogP contribution in [0.25, 0.3) is 0 Å². The van der Waals surface area contributed by atoms with Crippen LogP contribution in [0, 0.1) is 6.92 Å². The molecule has 1 rings (SSSR count). The van der Waals surface area contributed by atoms with Gasteiger partial charge in [-0.15, -0.1) is 0 Å². The van der Waals surface area contributed by atoms with E-state index in [0.29, 0.717) is 5.89 Å². The molecule has 3 nitrogen and oxygen atoms in total. The summed E-state index contributed by atoms with van der Waals surface area (Å²) in [6, 6.07) is 0. The molecule has 1 aromatic heterocycles. The van der Waals surface area contributed by atoms with E-state index in [1.54, 1.807) is 0 Å². The molecule has 0 spiro atoms. The minimum Gasteiger partial charge on any atom is -0.340 e. The fourth-order valence-electron chi connectivity index (χ4n) is 0.732. The summed E-state index contributed by atoms with van der Waals surface area (Å²) in [7, 11) is 0. The SMILES string of the molecule is CC.CCC(C)(C)c1noc(C)n1. The largest absolute Gasteiger partial charge is 0.340 e. The van der Waals surface area contributed by atoms with E-state index in [1.165, 1.54) is 0 Å². The van der Waals surface area contributed by atoms with Crippen LogP contribution in [0.15, 0.2) is 4.52 Å². The molecule has 0 unspecified atom stereocenters. The van der Waals surface area contributed by atoms with Crippen LogP contribution in [-0.2, 0) is 5.41 Å². The van der Waals surface area contributed by atoms with Crippen molar-refractivity contribution in [1.82, 2.24) is 10.1 Å². The van der Waals surface area contributed by atoms with Gasteiger partial charge < -0.3 is 4.52 Å². The van der Waals surface area contributed by atoms with E-state index < -0.39 is 0 Å². The van der Waals surface area contributed by atoms with E-state index in [4.69, 9.17) is 4.52 Å². The van der Waals surface area contributed by atoms with Gasteiger partial charge >= 0.3 is 0 Å². The van der Waals surface area contributed by atoms with Crippen LogP contribution in [0.3, 0.4) is 0 Å². The van der Waals surface area contributed by atoms with Crippen LogP contribution in [0.4, 0.5) is 0 Å². The molecule has 13 heavy (non-hydrogen) atoms. The second-order valence-electron chi connectivity index (χ2n) is 3.37. The van der Waals surface area contributed by atoms with Crippen LogP contribution in [0.5, 0.6) is 0 Å². The van der Waals surface area contributed by atoms with Crippen LogP contribution in [0.2, 0.25) is 0 Å². The lowest BCUT2D eigenvalue weighted by Crippen LogP contribution is -2.17.